The number of nitro groups is 1. The second kappa shape index (κ2) is 9.70. The molecule has 1 heterocycles. The molecule has 2 amide bonds. The number of aryl methyl sites for hydroxylation is 2. The molecule has 9 nitrogen and oxygen atoms in total. The minimum Gasteiger partial charge on any atom is -0.455 e. The number of carbonyl (C=O) groups excluding carboxylic acids is 2. The zero-order valence-corrected chi connectivity index (χ0v) is 18.9. The highest BCUT2D eigenvalue weighted by Crippen LogP contribution is 2.30. The van der Waals surface area contributed by atoms with E-state index in [9.17, 15) is 19.7 Å². The summed E-state index contributed by atoms with van der Waals surface area (Å²) in [6, 6.07) is 13.0. The highest BCUT2D eigenvalue weighted by atomic mass is 16.6. The first-order chi connectivity index (χ1) is 16.4. The van der Waals surface area contributed by atoms with Gasteiger partial charge in [0.2, 0.25) is 0 Å². The number of anilines is 1. The average molecular weight is 460 g/mol. The van der Waals surface area contributed by atoms with Gasteiger partial charge in [0.05, 0.1) is 10.6 Å². The van der Waals surface area contributed by atoms with Crippen molar-refractivity contribution in [2.24, 2.45) is 5.10 Å². The molecule has 174 valence electrons. The molecule has 0 unspecified atom stereocenters. The minimum atomic E-state index is -0.559. The van der Waals surface area contributed by atoms with Crippen LogP contribution in [0.3, 0.4) is 0 Å². The number of fused-ring (bicyclic) bond motifs is 1. The zero-order chi connectivity index (χ0) is 24.2. The third-order valence-corrected chi connectivity index (χ3v) is 5.79. The van der Waals surface area contributed by atoms with Crippen molar-refractivity contribution < 1.29 is 18.9 Å². The highest BCUT2D eigenvalue weighted by molar-refractivity contribution is 6.09. The Bertz CT molecular complexity index is 1310. The van der Waals surface area contributed by atoms with Crippen LogP contribution in [0, 0.1) is 17.0 Å². The zero-order valence-electron chi connectivity index (χ0n) is 18.9. The fourth-order valence-corrected chi connectivity index (χ4v) is 4.07. The number of para-hydroxylation sites is 1. The highest BCUT2D eigenvalue weighted by Gasteiger charge is 2.28. The number of hydrogen-bond donors (Lipinski definition) is 2. The number of non-ortho nitro benzene ring substituents is 1. The first-order valence-corrected chi connectivity index (χ1v) is 11.0. The van der Waals surface area contributed by atoms with Crippen molar-refractivity contribution >= 4 is 28.9 Å². The summed E-state index contributed by atoms with van der Waals surface area (Å²) in [5.41, 5.74) is 6.18. The van der Waals surface area contributed by atoms with E-state index in [0.29, 0.717) is 29.9 Å². The number of hydrogen-bond acceptors (Lipinski definition) is 6. The summed E-state index contributed by atoms with van der Waals surface area (Å²) in [5.74, 6) is -0.0251. The van der Waals surface area contributed by atoms with Gasteiger partial charge < -0.3 is 9.73 Å². The van der Waals surface area contributed by atoms with Gasteiger partial charge in [-0.3, -0.25) is 19.7 Å². The molecule has 9 heteroatoms. The summed E-state index contributed by atoms with van der Waals surface area (Å²) in [6.07, 6.45) is 2.80. The average Bonchev–Trinajstić information content (AvgIpc) is 3.20. The van der Waals surface area contributed by atoms with E-state index in [1.807, 2.05) is 31.2 Å². The van der Waals surface area contributed by atoms with Crippen molar-refractivity contribution in [3.8, 4) is 0 Å². The van der Waals surface area contributed by atoms with E-state index in [-0.39, 0.29) is 22.9 Å². The summed E-state index contributed by atoms with van der Waals surface area (Å²) >= 11 is 0. The molecule has 0 fully saturated rings. The quantitative estimate of drug-likeness (QED) is 0.404. The normalized spacial score (nSPS) is 13.9. The van der Waals surface area contributed by atoms with Crippen LogP contribution in [-0.4, -0.2) is 22.4 Å². The second-order valence-electron chi connectivity index (χ2n) is 7.98. The summed E-state index contributed by atoms with van der Waals surface area (Å²) < 4.78 is 5.93. The molecule has 4 rings (SSSR count). The van der Waals surface area contributed by atoms with Gasteiger partial charge in [0.25, 0.3) is 17.5 Å². The van der Waals surface area contributed by atoms with Crippen molar-refractivity contribution in [2.45, 2.75) is 39.5 Å². The molecule has 1 aliphatic carbocycles. The number of carbonyl (C=O) groups is 2. The van der Waals surface area contributed by atoms with Crippen molar-refractivity contribution in [1.82, 2.24) is 5.43 Å². The molecular weight excluding hydrogens is 436 g/mol. The summed E-state index contributed by atoms with van der Waals surface area (Å²) in [6.45, 7) is 3.82. The molecule has 2 aromatic carbocycles. The van der Waals surface area contributed by atoms with Crippen LogP contribution in [0.5, 0.6) is 0 Å². The van der Waals surface area contributed by atoms with Crippen LogP contribution in [0.4, 0.5) is 11.4 Å². The topological polar surface area (TPSA) is 127 Å². The number of furan rings is 1. The molecule has 2 N–H and O–H groups in total. The van der Waals surface area contributed by atoms with Gasteiger partial charge >= 0.3 is 0 Å². The molecule has 0 saturated heterocycles. The number of benzene rings is 2. The molecule has 1 aromatic heterocycles. The Hall–Kier alpha value is -4.27. The SMILES string of the molecule is CCc1ccccc1NC(=O)c1oc2c(c1C)/C(=N/NC(=O)c1cccc([N+](=O)[O-])c1)CCC2. The maximum Gasteiger partial charge on any atom is 0.291 e. The van der Waals surface area contributed by atoms with Crippen LogP contribution in [0.25, 0.3) is 0 Å². The van der Waals surface area contributed by atoms with Gasteiger partial charge in [-0.25, -0.2) is 5.43 Å². The van der Waals surface area contributed by atoms with Crippen molar-refractivity contribution in [3.63, 3.8) is 0 Å². The molecule has 0 radical (unpaired) electrons. The number of nitro benzene ring substituents is 1. The Balaban J connectivity index is 1.57. The van der Waals surface area contributed by atoms with Crippen molar-refractivity contribution in [3.05, 3.63) is 92.4 Å². The molecule has 0 spiro atoms. The molecule has 0 bridgehead atoms. The first-order valence-electron chi connectivity index (χ1n) is 11.0. The third-order valence-electron chi connectivity index (χ3n) is 5.79. The van der Waals surface area contributed by atoms with E-state index in [2.05, 4.69) is 15.8 Å². The van der Waals surface area contributed by atoms with Gasteiger partial charge in [-0.15, -0.1) is 0 Å². The molecule has 0 aliphatic heterocycles. The first kappa shape index (κ1) is 22.9. The Kier molecular flexibility index (Phi) is 6.53. The van der Waals surface area contributed by atoms with Crippen LogP contribution in [0.2, 0.25) is 0 Å². The Morgan fingerprint density at radius 2 is 1.91 bits per heavy atom. The number of hydrazone groups is 1. The van der Waals surface area contributed by atoms with Gasteiger partial charge in [0, 0.05) is 40.9 Å². The van der Waals surface area contributed by atoms with E-state index in [4.69, 9.17) is 4.42 Å². The fourth-order valence-electron chi connectivity index (χ4n) is 4.07. The van der Waals surface area contributed by atoms with E-state index >= 15 is 0 Å². The fraction of sp³-hybridized carbons (Fsp3) is 0.240. The molecule has 1 aliphatic rings. The molecule has 0 saturated carbocycles. The minimum absolute atomic E-state index is 0.133. The monoisotopic (exact) mass is 460 g/mol. The van der Waals surface area contributed by atoms with Crippen LogP contribution in [-0.2, 0) is 12.8 Å². The van der Waals surface area contributed by atoms with Crippen molar-refractivity contribution in [1.29, 1.82) is 0 Å². The van der Waals surface area contributed by atoms with Crippen LogP contribution in [0.15, 0.2) is 58.0 Å². The lowest BCUT2D eigenvalue weighted by Crippen LogP contribution is -2.22. The molecule has 3 aromatic rings. The number of rotatable bonds is 6. The Morgan fingerprint density at radius 1 is 1.12 bits per heavy atom. The molecular formula is C25H24N4O5. The van der Waals surface area contributed by atoms with E-state index in [0.717, 1.165) is 29.7 Å². The lowest BCUT2D eigenvalue weighted by Gasteiger charge is -2.13. The predicted molar refractivity (Wildman–Crippen MR) is 127 cm³/mol. The van der Waals surface area contributed by atoms with Gasteiger partial charge in [-0.2, -0.15) is 5.10 Å². The second-order valence-corrected chi connectivity index (χ2v) is 7.98. The lowest BCUT2D eigenvalue weighted by atomic mass is 9.93. The summed E-state index contributed by atoms with van der Waals surface area (Å²) in [7, 11) is 0. The summed E-state index contributed by atoms with van der Waals surface area (Å²) in [4.78, 5) is 35.9. The largest absolute Gasteiger partial charge is 0.455 e. The van der Waals surface area contributed by atoms with E-state index < -0.39 is 10.8 Å². The van der Waals surface area contributed by atoms with E-state index in [1.54, 1.807) is 6.92 Å². The van der Waals surface area contributed by atoms with Crippen LogP contribution in [0.1, 0.15) is 63.1 Å². The Morgan fingerprint density at radius 3 is 2.68 bits per heavy atom. The number of nitrogens with one attached hydrogen (secondary N) is 2. The van der Waals surface area contributed by atoms with Gasteiger partial charge in [0.15, 0.2) is 5.76 Å². The predicted octanol–water partition coefficient (Wildman–Crippen LogP) is 4.78. The maximum atomic E-state index is 13.0. The Labute approximate surface area is 196 Å². The van der Waals surface area contributed by atoms with Crippen LogP contribution >= 0.6 is 0 Å². The third kappa shape index (κ3) is 4.59. The summed E-state index contributed by atoms with van der Waals surface area (Å²) in [5, 5.41) is 18.2. The lowest BCUT2D eigenvalue weighted by molar-refractivity contribution is -0.384. The van der Waals surface area contributed by atoms with Crippen molar-refractivity contribution in [2.75, 3.05) is 5.32 Å². The van der Waals surface area contributed by atoms with Gasteiger partial charge in [-0.05, 0) is 43.9 Å². The van der Waals surface area contributed by atoms with Gasteiger partial charge in [0.1, 0.15) is 5.76 Å². The number of nitrogens with zero attached hydrogens (tertiary/aromatic N) is 2. The molecule has 0 atom stereocenters. The van der Waals surface area contributed by atoms with Gasteiger partial charge in [-0.1, -0.05) is 31.2 Å². The molecule has 34 heavy (non-hydrogen) atoms. The maximum absolute atomic E-state index is 13.0. The standard InChI is InChI=1S/C25H24N4O5/c1-3-16-8-4-5-11-19(16)26-25(31)23-15(2)22-20(12-7-13-21(22)34-23)27-28-24(30)17-9-6-10-18(14-17)29(32)33/h4-6,8-11,14H,3,7,12-13H2,1-2H3,(H,26,31)(H,28,30)/b27-20+. The van der Waals surface area contributed by atoms with E-state index in [1.165, 1.54) is 24.3 Å². The van der Waals surface area contributed by atoms with Crippen LogP contribution < -0.4 is 10.7 Å². The smallest absolute Gasteiger partial charge is 0.291 e. The number of amides is 2.